The molecular formula is C21H13ClN2O3S2. The van der Waals surface area contributed by atoms with Crippen LogP contribution >= 0.6 is 34.3 Å². The van der Waals surface area contributed by atoms with Gasteiger partial charge in [0.15, 0.2) is 0 Å². The van der Waals surface area contributed by atoms with Gasteiger partial charge in [0.2, 0.25) is 0 Å². The molecule has 0 saturated heterocycles. The fourth-order valence-corrected chi connectivity index (χ4v) is 4.56. The number of thiophene rings is 2. The first kappa shape index (κ1) is 19.3. The maximum absolute atomic E-state index is 12.4. The van der Waals surface area contributed by atoms with E-state index in [1.165, 1.54) is 28.9 Å². The third-order valence-electron chi connectivity index (χ3n) is 3.93. The van der Waals surface area contributed by atoms with Gasteiger partial charge in [-0.15, -0.1) is 22.7 Å². The summed E-state index contributed by atoms with van der Waals surface area (Å²) < 4.78 is 6.24. The maximum atomic E-state index is 12.4. The molecule has 8 heteroatoms. The average molecular weight is 441 g/mol. The minimum absolute atomic E-state index is 0.367. The molecule has 0 aliphatic carbocycles. The first-order valence-corrected chi connectivity index (χ1v) is 10.6. The molecule has 0 aliphatic heterocycles. The van der Waals surface area contributed by atoms with Gasteiger partial charge in [-0.3, -0.25) is 4.79 Å². The maximum Gasteiger partial charge on any atom is 0.353 e. The number of hydrogen-bond donors (Lipinski definition) is 1. The third kappa shape index (κ3) is 4.37. The average Bonchev–Trinajstić information content (AvgIpc) is 3.38. The molecule has 0 saturated carbocycles. The normalized spacial score (nSPS) is 11.1. The highest BCUT2D eigenvalue weighted by atomic mass is 35.5. The smallest absolute Gasteiger partial charge is 0.353 e. The summed E-state index contributed by atoms with van der Waals surface area (Å²) in [7, 11) is 0. The van der Waals surface area contributed by atoms with Crippen molar-refractivity contribution in [3.63, 3.8) is 0 Å². The van der Waals surface area contributed by atoms with Crippen LogP contribution < -0.4 is 10.2 Å². The SMILES string of the molecule is O=C(Oc1ccc(/C=N/NC(=O)c2sc3ccccc3c2Cl)cc1)c1cccs1. The molecule has 0 fully saturated rings. The van der Waals surface area contributed by atoms with Crippen LogP contribution in [-0.4, -0.2) is 18.1 Å². The second-order valence-corrected chi connectivity index (χ2v) is 8.25. The molecule has 2 aromatic heterocycles. The molecule has 4 rings (SSSR count). The fraction of sp³-hybridized carbons (Fsp3) is 0. The number of carbonyl (C=O) groups excluding carboxylic acids is 2. The van der Waals surface area contributed by atoms with Crippen molar-refractivity contribution in [2.24, 2.45) is 5.10 Å². The zero-order valence-corrected chi connectivity index (χ0v) is 17.2. The number of rotatable bonds is 5. The third-order valence-corrected chi connectivity index (χ3v) is 6.46. The van der Waals surface area contributed by atoms with E-state index in [0.29, 0.717) is 20.5 Å². The van der Waals surface area contributed by atoms with E-state index < -0.39 is 5.97 Å². The Balaban J connectivity index is 1.38. The van der Waals surface area contributed by atoms with E-state index in [0.717, 1.165) is 15.6 Å². The van der Waals surface area contributed by atoms with Gasteiger partial charge in [-0.1, -0.05) is 35.9 Å². The minimum Gasteiger partial charge on any atom is -0.422 e. The molecule has 5 nitrogen and oxygen atoms in total. The van der Waals surface area contributed by atoms with Gasteiger partial charge in [0.1, 0.15) is 15.5 Å². The van der Waals surface area contributed by atoms with E-state index in [2.05, 4.69) is 10.5 Å². The van der Waals surface area contributed by atoms with Crippen molar-refractivity contribution in [3.8, 4) is 5.75 Å². The van der Waals surface area contributed by atoms with Crippen molar-refractivity contribution >= 4 is 62.5 Å². The van der Waals surface area contributed by atoms with Crippen molar-refractivity contribution in [2.75, 3.05) is 0 Å². The van der Waals surface area contributed by atoms with Gasteiger partial charge in [-0.05, 0) is 47.3 Å². The lowest BCUT2D eigenvalue weighted by molar-refractivity contribution is 0.0739. The number of hydrazone groups is 1. The fourth-order valence-electron chi connectivity index (χ4n) is 2.55. The molecule has 2 heterocycles. The number of nitrogens with one attached hydrogen (secondary N) is 1. The van der Waals surface area contributed by atoms with Crippen LogP contribution in [0.5, 0.6) is 5.75 Å². The number of esters is 1. The number of ether oxygens (including phenoxy) is 1. The van der Waals surface area contributed by atoms with Gasteiger partial charge in [-0.25, -0.2) is 10.2 Å². The quantitative estimate of drug-likeness (QED) is 0.190. The Bertz CT molecular complexity index is 1200. The summed E-state index contributed by atoms with van der Waals surface area (Å²) in [4.78, 5) is 25.3. The van der Waals surface area contributed by atoms with Crippen LogP contribution in [0, 0.1) is 0 Å². The number of nitrogens with zero attached hydrogens (tertiary/aromatic N) is 1. The number of hydrogen-bond acceptors (Lipinski definition) is 6. The lowest BCUT2D eigenvalue weighted by Crippen LogP contribution is -2.16. The van der Waals surface area contributed by atoms with Gasteiger partial charge in [0, 0.05) is 10.1 Å². The summed E-state index contributed by atoms with van der Waals surface area (Å²) in [6.07, 6.45) is 1.50. The molecule has 1 N–H and O–H groups in total. The molecule has 144 valence electrons. The predicted octanol–water partition coefficient (Wildman–Crippen LogP) is 5.60. The zero-order valence-electron chi connectivity index (χ0n) is 14.8. The summed E-state index contributed by atoms with van der Waals surface area (Å²) in [6, 6.07) is 17.9. The van der Waals surface area contributed by atoms with Crippen molar-refractivity contribution in [3.05, 3.63) is 86.4 Å². The Kier molecular flexibility index (Phi) is 5.71. The van der Waals surface area contributed by atoms with Crippen LogP contribution in [0.3, 0.4) is 0 Å². The number of benzene rings is 2. The number of amides is 1. The van der Waals surface area contributed by atoms with Gasteiger partial charge < -0.3 is 4.74 Å². The molecule has 0 radical (unpaired) electrons. The number of halogens is 1. The van der Waals surface area contributed by atoms with Crippen LogP contribution in [0.25, 0.3) is 10.1 Å². The Morgan fingerprint density at radius 1 is 1.03 bits per heavy atom. The molecular weight excluding hydrogens is 428 g/mol. The van der Waals surface area contributed by atoms with Crippen molar-refractivity contribution in [1.29, 1.82) is 0 Å². The first-order valence-electron chi connectivity index (χ1n) is 8.48. The van der Waals surface area contributed by atoms with Crippen LogP contribution in [-0.2, 0) is 0 Å². The molecule has 29 heavy (non-hydrogen) atoms. The Hall–Kier alpha value is -3.00. The number of carbonyl (C=O) groups is 2. The van der Waals surface area contributed by atoms with Crippen LogP contribution in [0.1, 0.15) is 24.9 Å². The highest BCUT2D eigenvalue weighted by Gasteiger charge is 2.16. The topological polar surface area (TPSA) is 67.8 Å². The van der Waals surface area contributed by atoms with Crippen molar-refractivity contribution in [2.45, 2.75) is 0 Å². The molecule has 0 spiro atoms. The van der Waals surface area contributed by atoms with Gasteiger partial charge in [0.25, 0.3) is 5.91 Å². The Morgan fingerprint density at radius 3 is 2.55 bits per heavy atom. The van der Waals surface area contributed by atoms with Gasteiger partial charge in [-0.2, -0.15) is 5.10 Å². The standard InChI is InChI=1S/C21H13ClN2O3S2/c22-18-15-4-1-2-5-16(15)29-19(18)20(25)24-23-12-13-7-9-14(10-8-13)27-21(26)17-6-3-11-28-17/h1-12H,(H,24,25)/b23-12+. The van der Waals surface area contributed by atoms with E-state index in [4.69, 9.17) is 16.3 Å². The highest BCUT2D eigenvalue weighted by Crippen LogP contribution is 2.34. The molecule has 1 amide bonds. The van der Waals surface area contributed by atoms with Crippen molar-refractivity contribution < 1.29 is 14.3 Å². The summed E-state index contributed by atoms with van der Waals surface area (Å²) in [5, 5.41) is 7.07. The second kappa shape index (κ2) is 8.57. The van der Waals surface area contributed by atoms with Crippen LogP contribution in [0.4, 0.5) is 0 Å². The monoisotopic (exact) mass is 440 g/mol. The Morgan fingerprint density at radius 2 is 1.83 bits per heavy atom. The summed E-state index contributed by atoms with van der Waals surface area (Å²) in [6.45, 7) is 0. The van der Waals surface area contributed by atoms with E-state index in [9.17, 15) is 9.59 Å². The zero-order chi connectivity index (χ0) is 20.2. The lowest BCUT2D eigenvalue weighted by Gasteiger charge is -2.03. The first-order chi connectivity index (χ1) is 14.1. The summed E-state index contributed by atoms with van der Waals surface area (Å²) in [5.74, 6) is -0.329. The molecule has 0 atom stereocenters. The van der Waals surface area contributed by atoms with E-state index in [-0.39, 0.29) is 5.91 Å². The highest BCUT2D eigenvalue weighted by molar-refractivity contribution is 7.21. The molecule has 2 aromatic carbocycles. The van der Waals surface area contributed by atoms with Crippen LogP contribution in [0.2, 0.25) is 5.02 Å². The summed E-state index contributed by atoms with van der Waals surface area (Å²) in [5.41, 5.74) is 3.23. The minimum atomic E-state index is -0.395. The predicted molar refractivity (Wildman–Crippen MR) is 118 cm³/mol. The molecule has 0 bridgehead atoms. The van der Waals surface area contributed by atoms with Gasteiger partial charge in [0.05, 0.1) is 11.2 Å². The van der Waals surface area contributed by atoms with E-state index in [1.807, 2.05) is 29.6 Å². The van der Waals surface area contributed by atoms with Crippen molar-refractivity contribution in [1.82, 2.24) is 5.43 Å². The number of fused-ring (bicyclic) bond motifs is 1. The van der Waals surface area contributed by atoms with Crippen LogP contribution in [0.15, 0.2) is 71.1 Å². The Labute approximate surface area is 179 Å². The molecule has 0 unspecified atom stereocenters. The largest absolute Gasteiger partial charge is 0.422 e. The van der Waals surface area contributed by atoms with E-state index in [1.54, 1.807) is 36.4 Å². The lowest BCUT2D eigenvalue weighted by atomic mass is 10.2. The molecule has 0 aliphatic rings. The molecule has 4 aromatic rings. The second-order valence-electron chi connectivity index (χ2n) is 5.88. The van der Waals surface area contributed by atoms with Gasteiger partial charge >= 0.3 is 5.97 Å². The van der Waals surface area contributed by atoms with E-state index >= 15 is 0 Å². The summed E-state index contributed by atoms with van der Waals surface area (Å²) >= 11 is 8.94.